The molecule has 1 aliphatic carbocycles. The summed E-state index contributed by atoms with van der Waals surface area (Å²) in [6.45, 7) is 3.75. The van der Waals surface area contributed by atoms with Gasteiger partial charge < -0.3 is 0 Å². The molecule has 3 aromatic rings. The summed E-state index contributed by atoms with van der Waals surface area (Å²) in [5, 5.41) is 13.0. The fourth-order valence-electron chi connectivity index (χ4n) is 3.30. The number of aromatic nitrogens is 6. The summed E-state index contributed by atoms with van der Waals surface area (Å²) >= 11 is 0. The van der Waals surface area contributed by atoms with Crippen LogP contribution in [0.15, 0.2) is 42.7 Å². The number of hydrogen-bond acceptors (Lipinski definition) is 4. The maximum absolute atomic E-state index is 4.74. The van der Waals surface area contributed by atoms with Crippen molar-refractivity contribution < 1.29 is 0 Å². The zero-order valence-corrected chi connectivity index (χ0v) is 13.2. The van der Waals surface area contributed by atoms with Gasteiger partial charge in [0.05, 0.1) is 12.4 Å². The largest absolute Gasteiger partial charge is 0.245 e. The van der Waals surface area contributed by atoms with Crippen molar-refractivity contribution >= 4 is 0 Å². The fraction of sp³-hybridized carbons (Fsp3) is 0.412. The van der Waals surface area contributed by atoms with Crippen molar-refractivity contribution in [3.63, 3.8) is 0 Å². The highest BCUT2D eigenvalue weighted by Gasteiger charge is 2.27. The second-order valence-corrected chi connectivity index (χ2v) is 6.40. The lowest BCUT2D eigenvalue weighted by molar-refractivity contribution is 0.182. The predicted molar refractivity (Wildman–Crippen MR) is 86.5 cm³/mol. The standard InChI is InChI=1S/C17H20N6/c1-13-9-14(10-13)11-22-17(15-5-3-2-4-6-15)20-16(21-22)12-23-18-7-8-19-23/h2-8,13-14H,9-12H2,1H3. The Morgan fingerprint density at radius 3 is 2.52 bits per heavy atom. The topological polar surface area (TPSA) is 61.4 Å². The molecule has 0 unspecified atom stereocenters. The first-order valence-electron chi connectivity index (χ1n) is 8.11. The SMILES string of the molecule is CC1CC(Cn2nc(Cn3nccn3)nc2-c2ccccc2)C1. The summed E-state index contributed by atoms with van der Waals surface area (Å²) < 4.78 is 2.06. The quantitative estimate of drug-likeness (QED) is 0.727. The van der Waals surface area contributed by atoms with E-state index in [9.17, 15) is 0 Å². The molecule has 0 atom stereocenters. The third kappa shape index (κ3) is 3.02. The maximum Gasteiger partial charge on any atom is 0.174 e. The van der Waals surface area contributed by atoms with Crippen LogP contribution in [0.5, 0.6) is 0 Å². The zero-order chi connectivity index (χ0) is 15.6. The highest BCUT2D eigenvalue weighted by atomic mass is 15.5. The highest BCUT2D eigenvalue weighted by molar-refractivity contribution is 5.54. The minimum atomic E-state index is 0.501. The van der Waals surface area contributed by atoms with Crippen LogP contribution in [0.4, 0.5) is 0 Å². The Hall–Kier alpha value is -2.50. The number of rotatable bonds is 5. The second-order valence-electron chi connectivity index (χ2n) is 6.40. The molecule has 0 saturated heterocycles. The molecule has 1 aliphatic rings. The summed E-state index contributed by atoms with van der Waals surface area (Å²) in [6.07, 6.45) is 5.91. The van der Waals surface area contributed by atoms with Crippen LogP contribution in [0.1, 0.15) is 25.6 Å². The van der Waals surface area contributed by atoms with Crippen molar-refractivity contribution in [3.8, 4) is 11.4 Å². The molecule has 23 heavy (non-hydrogen) atoms. The Bertz CT molecular complexity index is 756. The molecule has 4 rings (SSSR count). The van der Waals surface area contributed by atoms with Gasteiger partial charge in [0.25, 0.3) is 0 Å². The van der Waals surface area contributed by atoms with Crippen molar-refractivity contribution in [2.45, 2.75) is 32.9 Å². The Morgan fingerprint density at radius 2 is 1.83 bits per heavy atom. The van der Waals surface area contributed by atoms with Crippen LogP contribution in [-0.4, -0.2) is 29.8 Å². The molecule has 0 radical (unpaired) electrons. The van der Waals surface area contributed by atoms with Crippen LogP contribution in [0.2, 0.25) is 0 Å². The lowest BCUT2D eigenvalue weighted by Crippen LogP contribution is -2.26. The van der Waals surface area contributed by atoms with E-state index >= 15 is 0 Å². The van der Waals surface area contributed by atoms with E-state index < -0.39 is 0 Å². The van der Waals surface area contributed by atoms with Gasteiger partial charge in [-0.2, -0.15) is 20.1 Å². The Kier molecular flexibility index (Phi) is 3.65. The van der Waals surface area contributed by atoms with Crippen molar-refractivity contribution in [2.24, 2.45) is 11.8 Å². The highest BCUT2D eigenvalue weighted by Crippen LogP contribution is 2.34. The molecular weight excluding hydrogens is 288 g/mol. The van der Waals surface area contributed by atoms with E-state index in [-0.39, 0.29) is 0 Å². The second kappa shape index (κ2) is 5.95. The molecule has 6 nitrogen and oxygen atoms in total. The number of hydrogen-bond donors (Lipinski definition) is 0. The molecule has 0 bridgehead atoms. The van der Waals surface area contributed by atoms with E-state index in [0.29, 0.717) is 12.5 Å². The predicted octanol–water partition coefficient (Wildman–Crippen LogP) is 2.63. The number of nitrogens with zero attached hydrogens (tertiary/aromatic N) is 6. The Balaban J connectivity index is 1.63. The van der Waals surface area contributed by atoms with Crippen molar-refractivity contribution in [3.05, 3.63) is 48.5 Å². The molecule has 0 amide bonds. The van der Waals surface area contributed by atoms with Crippen molar-refractivity contribution in [1.82, 2.24) is 29.8 Å². The molecule has 6 heteroatoms. The molecule has 1 fully saturated rings. The lowest BCUT2D eigenvalue weighted by Gasteiger charge is -2.32. The maximum atomic E-state index is 4.74. The van der Waals surface area contributed by atoms with E-state index in [1.807, 2.05) is 18.2 Å². The van der Waals surface area contributed by atoms with E-state index in [2.05, 4.69) is 33.9 Å². The first-order chi connectivity index (χ1) is 11.3. The van der Waals surface area contributed by atoms with Gasteiger partial charge in [-0.25, -0.2) is 9.67 Å². The molecule has 0 N–H and O–H groups in total. The summed E-state index contributed by atoms with van der Waals surface area (Å²) in [5.41, 5.74) is 1.10. The Labute approximate surface area is 135 Å². The monoisotopic (exact) mass is 308 g/mol. The van der Waals surface area contributed by atoms with Crippen LogP contribution in [0, 0.1) is 11.8 Å². The van der Waals surface area contributed by atoms with Crippen molar-refractivity contribution in [2.75, 3.05) is 0 Å². The van der Waals surface area contributed by atoms with E-state index in [4.69, 9.17) is 10.1 Å². The van der Waals surface area contributed by atoms with Crippen LogP contribution in [-0.2, 0) is 13.1 Å². The van der Waals surface area contributed by atoms with E-state index in [0.717, 1.165) is 29.7 Å². The van der Waals surface area contributed by atoms with Gasteiger partial charge in [-0.05, 0) is 24.7 Å². The van der Waals surface area contributed by atoms with Gasteiger partial charge in [-0.3, -0.25) is 0 Å². The van der Waals surface area contributed by atoms with Gasteiger partial charge in [-0.1, -0.05) is 37.3 Å². The van der Waals surface area contributed by atoms with Gasteiger partial charge in [0.2, 0.25) is 0 Å². The van der Waals surface area contributed by atoms with Gasteiger partial charge >= 0.3 is 0 Å². The first-order valence-corrected chi connectivity index (χ1v) is 8.11. The lowest BCUT2D eigenvalue weighted by atomic mass is 9.76. The number of benzene rings is 1. The summed E-state index contributed by atoms with van der Waals surface area (Å²) in [5.74, 6) is 3.25. The minimum absolute atomic E-state index is 0.501. The zero-order valence-electron chi connectivity index (χ0n) is 13.2. The fourth-order valence-corrected chi connectivity index (χ4v) is 3.30. The Morgan fingerprint density at radius 1 is 1.09 bits per heavy atom. The third-order valence-electron chi connectivity index (χ3n) is 4.40. The molecule has 118 valence electrons. The summed E-state index contributed by atoms with van der Waals surface area (Å²) in [7, 11) is 0. The van der Waals surface area contributed by atoms with Crippen LogP contribution >= 0.6 is 0 Å². The average Bonchev–Trinajstić information content (AvgIpc) is 3.17. The van der Waals surface area contributed by atoms with Crippen molar-refractivity contribution in [1.29, 1.82) is 0 Å². The van der Waals surface area contributed by atoms with Crippen LogP contribution in [0.3, 0.4) is 0 Å². The average molecular weight is 308 g/mol. The molecule has 1 saturated carbocycles. The van der Waals surface area contributed by atoms with Crippen LogP contribution < -0.4 is 0 Å². The molecule has 1 aromatic carbocycles. The van der Waals surface area contributed by atoms with Gasteiger partial charge in [-0.15, -0.1) is 0 Å². The van der Waals surface area contributed by atoms with Gasteiger partial charge in [0, 0.05) is 12.1 Å². The van der Waals surface area contributed by atoms with Crippen LogP contribution in [0.25, 0.3) is 11.4 Å². The molecule has 0 aliphatic heterocycles. The summed E-state index contributed by atoms with van der Waals surface area (Å²) in [6, 6.07) is 10.3. The normalized spacial score (nSPS) is 20.4. The first kappa shape index (κ1) is 14.1. The third-order valence-corrected chi connectivity index (χ3v) is 4.40. The smallest absolute Gasteiger partial charge is 0.174 e. The van der Waals surface area contributed by atoms with E-state index in [1.54, 1.807) is 17.2 Å². The van der Waals surface area contributed by atoms with Gasteiger partial charge in [0.1, 0.15) is 6.54 Å². The molecular formula is C17H20N6. The minimum Gasteiger partial charge on any atom is -0.245 e. The summed E-state index contributed by atoms with van der Waals surface area (Å²) in [4.78, 5) is 6.35. The molecule has 0 spiro atoms. The molecule has 2 aromatic heterocycles. The van der Waals surface area contributed by atoms with Gasteiger partial charge in [0.15, 0.2) is 11.6 Å². The van der Waals surface area contributed by atoms with E-state index in [1.165, 1.54) is 12.8 Å². The molecule has 2 heterocycles.